The zero-order chi connectivity index (χ0) is 29.0. The smallest absolute Gasteiger partial charge is 0.308 e. The summed E-state index contributed by atoms with van der Waals surface area (Å²) in [5.41, 5.74) is 0. The second-order valence-electron chi connectivity index (χ2n) is 13.0. The van der Waals surface area contributed by atoms with Crippen LogP contribution in [0.15, 0.2) is 0 Å². The van der Waals surface area contributed by atoms with Gasteiger partial charge in [0.2, 0.25) is 0 Å². The van der Waals surface area contributed by atoms with Crippen LogP contribution < -0.4 is 0 Å². The van der Waals surface area contributed by atoms with Crippen LogP contribution in [0, 0.1) is 35.5 Å². The Morgan fingerprint density at radius 2 is 0.718 bits per heavy atom. The number of hydrogen-bond acceptors (Lipinski definition) is 6. The molecular formula is C33H60O6. The van der Waals surface area contributed by atoms with Crippen molar-refractivity contribution in [2.45, 2.75) is 138 Å². The Hall–Kier alpha value is -1.59. The van der Waals surface area contributed by atoms with Gasteiger partial charge in [-0.2, -0.15) is 0 Å². The Kier molecular flexibility index (Phi) is 19.3. The van der Waals surface area contributed by atoms with E-state index in [0.29, 0.717) is 56.8 Å². The molecule has 0 amide bonds. The number of carbonyl (C=O) groups is 3. The predicted molar refractivity (Wildman–Crippen MR) is 157 cm³/mol. The number of unbranched alkanes of at least 4 members (excludes halogenated alkanes) is 6. The third-order valence-electron chi connectivity index (χ3n) is 7.72. The Balaban J connectivity index is 2.58. The van der Waals surface area contributed by atoms with Gasteiger partial charge in [-0.1, -0.05) is 99.3 Å². The summed E-state index contributed by atoms with van der Waals surface area (Å²) in [4.78, 5) is 38.8. The highest BCUT2D eigenvalue weighted by Crippen LogP contribution is 2.36. The van der Waals surface area contributed by atoms with Gasteiger partial charge in [-0.25, -0.2) is 0 Å². The van der Waals surface area contributed by atoms with Gasteiger partial charge in [0.15, 0.2) is 0 Å². The molecule has 0 atom stereocenters. The molecule has 1 rings (SSSR count). The van der Waals surface area contributed by atoms with Crippen LogP contribution in [0.25, 0.3) is 0 Å². The number of ether oxygens (including phenoxy) is 3. The van der Waals surface area contributed by atoms with Crippen LogP contribution in [0.5, 0.6) is 0 Å². The van der Waals surface area contributed by atoms with Crippen LogP contribution in [0.3, 0.4) is 0 Å². The number of rotatable bonds is 21. The monoisotopic (exact) mass is 552 g/mol. The lowest BCUT2D eigenvalue weighted by Gasteiger charge is -2.31. The van der Waals surface area contributed by atoms with Crippen molar-refractivity contribution in [3.8, 4) is 0 Å². The second kappa shape index (κ2) is 21.2. The molecule has 6 heteroatoms. The first kappa shape index (κ1) is 35.4. The van der Waals surface area contributed by atoms with E-state index in [1.807, 2.05) is 0 Å². The summed E-state index contributed by atoms with van der Waals surface area (Å²) in [6.45, 7) is 14.5. The van der Waals surface area contributed by atoms with Crippen LogP contribution in [0.2, 0.25) is 0 Å². The van der Waals surface area contributed by atoms with Crippen molar-refractivity contribution in [1.29, 1.82) is 0 Å². The fourth-order valence-corrected chi connectivity index (χ4v) is 5.26. The van der Waals surface area contributed by atoms with Gasteiger partial charge in [0.25, 0.3) is 0 Å². The third-order valence-corrected chi connectivity index (χ3v) is 7.72. The normalized spacial score (nSPS) is 19.5. The van der Waals surface area contributed by atoms with Gasteiger partial charge < -0.3 is 14.2 Å². The third kappa shape index (κ3) is 17.7. The Bertz CT molecular complexity index is 575. The minimum absolute atomic E-state index is 0.295. The van der Waals surface area contributed by atoms with Crippen molar-refractivity contribution in [2.24, 2.45) is 35.5 Å². The molecule has 0 N–H and O–H groups in total. The summed E-state index contributed by atoms with van der Waals surface area (Å²) < 4.78 is 16.8. The molecule has 1 fully saturated rings. The van der Waals surface area contributed by atoms with Crippen LogP contribution >= 0.6 is 0 Å². The highest BCUT2D eigenvalue weighted by atomic mass is 16.5. The van der Waals surface area contributed by atoms with E-state index in [2.05, 4.69) is 41.5 Å². The van der Waals surface area contributed by atoms with Gasteiger partial charge in [0.05, 0.1) is 37.6 Å². The quantitative estimate of drug-likeness (QED) is 0.0809. The minimum Gasteiger partial charge on any atom is -0.465 e. The molecule has 0 aromatic rings. The fraction of sp³-hybridized carbons (Fsp3) is 0.909. The van der Waals surface area contributed by atoms with E-state index in [9.17, 15) is 14.4 Å². The summed E-state index contributed by atoms with van der Waals surface area (Å²) in [7, 11) is 0. The Labute approximate surface area is 239 Å². The van der Waals surface area contributed by atoms with Gasteiger partial charge in [0, 0.05) is 0 Å². The molecule has 1 aliphatic carbocycles. The fourth-order valence-electron chi connectivity index (χ4n) is 5.26. The summed E-state index contributed by atoms with van der Waals surface area (Å²) in [5.74, 6) is -0.246. The SMILES string of the molecule is CC(C)CCCCCOC(=O)C1CC(C(=O)OCCCCCC(C)C)CC(C(=O)OCCCCCC(C)C)C1. The molecule has 0 aromatic heterocycles. The summed E-state index contributed by atoms with van der Waals surface area (Å²) in [6, 6.07) is 0. The molecule has 228 valence electrons. The van der Waals surface area contributed by atoms with Gasteiger partial charge in [-0.3, -0.25) is 14.4 Å². The zero-order valence-corrected chi connectivity index (χ0v) is 26.1. The largest absolute Gasteiger partial charge is 0.465 e. The predicted octanol–water partition coefficient (Wildman–Crippen LogP) is 8.30. The van der Waals surface area contributed by atoms with E-state index in [1.54, 1.807) is 0 Å². The molecule has 0 bridgehead atoms. The molecule has 6 nitrogen and oxygen atoms in total. The van der Waals surface area contributed by atoms with Crippen molar-refractivity contribution in [3.05, 3.63) is 0 Å². The highest BCUT2D eigenvalue weighted by molar-refractivity contribution is 5.80. The van der Waals surface area contributed by atoms with Crippen LogP contribution in [0.4, 0.5) is 0 Å². The van der Waals surface area contributed by atoms with E-state index in [0.717, 1.165) is 57.8 Å². The maximum absolute atomic E-state index is 12.9. The molecule has 0 aromatic carbocycles. The first-order chi connectivity index (χ1) is 18.6. The number of esters is 3. The zero-order valence-electron chi connectivity index (χ0n) is 26.1. The van der Waals surface area contributed by atoms with Crippen molar-refractivity contribution in [1.82, 2.24) is 0 Å². The molecule has 0 saturated heterocycles. The van der Waals surface area contributed by atoms with Crippen molar-refractivity contribution >= 4 is 17.9 Å². The average molecular weight is 553 g/mol. The van der Waals surface area contributed by atoms with E-state index in [1.165, 1.54) is 19.3 Å². The molecule has 39 heavy (non-hydrogen) atoms. The molecule has 0 unspecified atom stereocenters. The standard InChI is InChI=1S/C33H60O6/c1-25(2)16-10-7-13-19-37-31(34)28-22-29(32(35)38-20-14-8-11-17-26(3)4)24-30(23-28)33(36)39-21-15-9-12-18-27(5)6/h25-30H,7-24H2,1-6H3. The van der Waals surface area contributed by atoms with E-state index >= 15 is 0 Å². The maximum Gasteiger partial charge on any atom is 0.308 e. The summed E-state index contributed by atoms with van der Waals surface area (Å²) >= 11 is 0. The highest BCUT2D eigenvalue weighted by Gasteiger charge is 2.41. The summed E-state index contributed by atoms with van der Waals surface area (Å²) in [6.07, 6.45) is 13.7. The molecule has 0 spiro atoms. The Morgan fingerprint density at radius 3 is 0.949 bits per heavy atom. The summed E-state index contributed by atoms with van der Waals surface area (Å²) in [5, 5.41) is 0. The van der Waals surface area contributed by atoms with Gasteiger partial charge in [0.1, 0.15) is 0 Å². The van der Waals surface area contributed by atoms with Crippen molar-refractivity contribution < 1.29 is 28.6 Å². The topological polar surface area (TPSA) is 78.9 Å². The Morgan fingerprint density at radius 1 is 0.462 bits per heavy atom. The minimum atomic E-state index is -0.471. The van der Waals surface area contributed by atoms with Crippen molar-refractivity contribution in [2.75, 3.05) is 19.8 Å². The van der Waals surface area contributed by atoms with E-state index in [4.69, 9.17) is 14.2 Å². The molecule has 1 saturated carbocycles. The molecule has 0 aliphatic heterocycles. The lowest BCUT2D eigenvalue weighted by molar-refractivity contribution is -0.161. The molecular weight excluding hydrogens is 492 g/mol. The van der Waals surface area contributed by atoms with Crippen LogP contribution in [-0.4, -0.2) is 37.7 Å². The van der Waals surface area contributed by atoms with Crippen LogP contribution in [-0.2, 0) is 28.6 Å². The maximum atomic E-state index is 12.9. The second-order valence-corrected chi connectivity index (χ2v) is 13.0. The molecule has 1 aliphatic rings. The number of carbonyl (C=O) groups excluding carboxylic acids is 3. The first-order valence-corrected chi connectivity index (χ1v) is 16.1. The van der Waals surface area contributed by atoms with E-state index in [-0.39, 0.29) is 17.9 Å². The van der Waals surface area contributed by atoms with E-state index < -0.39 is 17.8 Å². The first-order valence-electron chi connectivity index (χ1n) is 16.1. The lowest BCUT2D eigenvalue weighted by atomic mass is 9.75. The average Bonchev–Trinajstić information content (AvgIpc) is 2.88. The lowest BCUT2D eigenvalue weighted by Crippen LogP contribution is -2.37. The number of hydrogen-bond donors (Lipinski definition) is 0. The van der Waals surface area contributed by atoms with Gasteiger partial charge in [-0.15, -0.1) is 0 Å². The van der Waals surface area contributed by atoms with Crippen LogP contribution in [0.1, 0.15) is 138 Å². The van der Waals surface area contributed by atoms with Gasteiger partial charge in [-0.05, 0) is 56.3 Å². The van der Waals surface area contributed by atoms with Crippen molar-refractivity contribution in [3.63, 3.8) is 0 Å². The molecule has 0 heterocycles. The van der Waals surface area contributed by atoms with Gasteiger partial charge >= 0.3 is 17.9 Å². The molecule has 0 radical (unpaired) electrons.